The van der Waals surface area contributed by atoms with Crippen LogP contribution >= 0.6 is 0 Å². The molecule has 0 radical (unpaired) electrons. The topological polar surface area (TPSA) is 108 Å². The average molecular weight is 514 g/mol. The molecule has 0 saturated carbocycles. The normalized spacial score (nSPS) is 32.5. The third-order valence-corrected chi connectivity index (χ3v) is 8.46. The van der Waals surface area contributed by atoms with E-state index in [-0.39, 0.29) is 30.2 Å². The smallest absolute Gasteiger partial charge is 0.246 e. The summed E-state index contributed by atoms with van der Waals surface area (Å²) in [5.74, 6) is -1.93. The fraction of sp³-hybridized carbons (Fsp3) is 0.690. The summed E-state index contributed by atoms with van der Waals surface area (Å²) in [4.78, 5) is 43.2. The molecular formula is C29H43N3O5. The number of hydrogen-bond donors (Lipinski definition) is 3. The number of aliphatic hydroxyl groups is 1. The molecule has 8 heteroatoms. The van der Waals surface area contributed by atoms with Crippen molar-refractivity contribution < 1.29 is 24.2 Å². The van der Waals surface area contributed by atoms with E-state index in [4.69, 9.17) is 9.84 Å². The number of ether oxygens (including phenoxy) is 1. The maximum Gasteiger partial charge on any atom is 0.246 e. The van der Waals surface area contributed by atoms with Crippen molar-refractivity contribution in [3.8, 4) is 0 Å². The number of benzene rings is 1. The van der Waals surface area contributed by atoms with Gasteiger partial charge in [-0.3, -0.25) is 14.4 Å². The number of fused-ring (bicyclic) bond motifs is 1. The molecule has 204 valence electrons. The first-order valence-corrected chi connectivity index (χ1v) is 13.7. The number of unbranched alkanes of at least 4 members (excludes halogenated alkanes) is 3. The Morgan fingerprint density at radius 1 is 1.11 bits per heavy atom. The number of nitrogens with zero attached hydrogens (tertiary/aromatic N) is 1. The lowest BCUT2D eigenvalue weighted by Gasteiger charge is -2.37. The lowest BCUT2D eigenvalue weighted by molar-refractivity contribution is -0.148. The predicted molar refractivity (Wildman–Crippen MR) is 140 cm³/mol. The van der Waals surface area contributed by atoms with Crippen LogP contribution in [-0.2, 0) is 25.7 Å². The Morgan fingerprint density at radius 3 is 2.43 bits per heavy atom. The minimum atomic E-state index is -1.03. The van der Waals surface area contributed by atoms with Gasteiger partial charge in [0.05, 0.1) is 17.4 Å². The zero-order valence-corrected chi connectivity index (χ0v) is 22.9. The summed E-state index contributed by atoms with van der Waals surface area (Å²) in [7, 11) is 0. The number of aliphatic hydroxyl groups excluding tert-OH is 1. The molecule has 1 aromatic carbocycles. The Balaban J connectivity index is 1.63. The molecule has 3 aliphatic heterocycles. The van der Waals surface area contributed by atoms with Crippen LogP contribution in [0, 0.1) is 17.8 Å². The van der Waals surface area contributed by atoms with Crippen LogP contribution < -0.4 is 10.6 Å². The Bertz CT molecular complexity index is 1010. The third kappa shape index (κ3) is 5.02. The van der Waals surface area contributed by atoms with Gasteiger partial charge in [0.15, 0.2) is 0 Å². The van der Waals surface area contributed by atoms with Crippen molar-refractivity contribution in [3.63, 3.8) is 0 Å². The second-order valence-corrected chi connectivity index (χ2v) is 12.3. The van der Waals surface area contributed by atoms with Gasteiger partial charge < -0.3 is 25.4 Å². The molecule has 3 saturated heterocycles. The second kappa shape index (κ2) is 10.4. The number of likely N-dealkylation sites (tertiary alicyclic amines) is 1. The van der Waals surface area contributed by atoms with E-state index in [0.29, 0.717) is 19.5 Å². The molecule has 3 heterocycles. The monoisotopic (exact) mass is 513 g/mol. The van der Waals surface area contributed by atoms with Gasteiger partial charge in [-0.2, -0.15) is 0 Å². The van der Waals surface area contributed by atoms with Gasteiger partial charge in [-0.15, -0.1) is 0 Å². The summed E-state index contributed by atoms with van der Waals surface area (Å²) in [5, 5.41) is 15.2. The minimum Gasteiger partial charge on any atom is -0.396 e. The molecule has 0 aromatic heterocycles. The number of hydrogen-bond acceptors (Lipinski definition) is 5. The number of rotatable bonds is 10. The summed E-state index contributed by atoms with van der Waals surface area (Å²) in [6.45, 7) is 10.7. The van der Waals surface area contributed by atoms with Gasteiger partial charge >= 0.3 is 0 Å². The van der Waals surface area contributed by atoms with Crippen molar-refractivity contribution in [2.24, 2.45) is 17.8 Å². The Labute approximate surface area is 220 Å². The minimum absolute atomic E-state index is 0.0125. The van der Waals surface area contributed by atoms with Crippen LogP contribution in [0.25, 0.3) is 0 Å². The van der Waals surface area contributed by atoms with Crippen molar-refractivity contribution in [3.05, 3.63) is 35.9 Å². The first-order valence-electron chi connectivity index (χ1n) is 13.7. The predicted octanol–water partition coefficient (Wildman–Crippen LogP) is 2.78. The van der Waals surface area contributed by atoms with Gasteiger partial charge in [0, 0.05) is 25.2 Å². The van der Waals surface area contributed by atoms with Crippen LogP contribution in [0.4, 0.5) is 0 Å². The molecule has 3 fully saturated rings. The maximum absolute atomic E-state index is 14.1. The second-order valence-electron chi connectivity index (χ2n) is 12.3. The van der Waals surface area contributed by atoms with Crippen molar-refractivity contribution in [1.82, 2.24) is 15.5 Å². The molecule has 8 nitrogen and oxygen atoms in total. The van der Waals surface area contributed by atoms with Crippen LogP contribution in [0.5, 0.6) is 0 Å². The summed E-state index contributed by atoms with van der Waals surface area (Å²) >= 11 is 0. The van der Waals surface area contributed by atoms with Crippen molar-refractivity contribution in [1.29, 1.82) is 0 Å². The van der Waals surface area contributed by atoms with E-state index in [0.717, 1.165) is 31.2 Å². The average Bonchev–Trinajstić information content (AvgIpc) is 3.33. The quantitative estimate of drug-likeness (QED) is 0.417. The molecule has 3 aliphatic rings. The standard InChI is InChI=1S/C29H43N3O5/c1-19-17-29-22(21(28(19,5)37-29)24(34)30-18-20-13-9-8-10-14-20)26(36)32(15-11-6-7-12-16-33)23(29)25(35)31-27(2,3)4/h8-10,13-14,19,21-23,33H,6-7,11-12,15-18H2,1-5H3,(H,30,34)(H,31,35)/t19?,21-,22+,23?,28+,29?/m1/s1. The Kier molecular flexibility index (Phi) is 7.73. The molecule has 4 rings (SSSR count). The molecule has 3 amide bonds. The van der Waals surface area contributed by atoms with E-state index in [1.807, 2.05) is 58.0 Å². The highest BCUT2D eigenvalue weighted by Crippen LogP contribution is 2.65. The molecule has 1 spiro atoms. The number of carbonyl (C=O) groups excluding carboxylic acids is 3. The van der Waals surface area contributed by atoms with E-state index in [2.05, 4.69) is 17.6 Å². The van der Waals surface area contributed by atoms with E-state index in [1.165, 1.54) is 0 Å². The van der Waals surface area contributed by atoms with Crippen LogP contribution in [0.1, 0.15) is 72.3 Å². The van der Waals surface area contributed by atoms with Gasteiger partial charge in [-0.25, -0.2) is 0 Å². The summed E-state index contributed by atoms with van der Waals surface area (Å²) in [6, 6.07) is 8.92. The van der Waals surface area contributed by atoms with Crippen LogP contribution in [0.15, 0.2) is 30.3 Å². The fourth-order valence-electron chi connectivity index (χ4n) is 6.76. The lowest BCUT2D eigenvalue weighted by atomic mass is 9.62. The van der Waals surface area contributed by atoms with Gasteiger partial charge in [-0.1, -0.05) is 50.1 Å². The highest BCUT2D eigenvalue weighted by Gasteiger charge is 2.79. The number of carbonyl (C=O) groups is 3. The molecule has 37 heavy (non-hydrogen) atoms. The van der Waals surface area contributed by atoms with Gasteiger partial charge in [0.1, 0.15) is 11.6 Å². The van der Waals surface area contributed by atoms with E-state index >= 15 is 0 Å². The molecule has 2 bridgehead atoms. The number of nitrogens with one attached hydrogen (secondary N) is 2. The van der Waals surface area contributed by atoms with Crippen LogP contribution in [-0.4, -0.2) is 63.7 Å². The van der Waals surface area contributed by atoms with E-state index < -0.39 is 34.6 Å². The van der Waals surface area contributed by atoms with Gasteiger partial charge in [-0.05, 0) is 58.4 Å². The van der Waals surface area contributed by atoms with Crippen molar-refractivity contribution in [2.75, 3.05) is 13.2 Å². The van der Waals surface area contributed by atoms with Crippen LogP contribution in [0.2, 0.25) is 0 Å². The van der Waals surface area contributed by atoms with Crippen LogP contribution in [0.3, 0.4) is 0 Å². The zero-order chi connectivity index (χ0) is 27.0. The molecule has 0 aliphatic carbocycles. The fourth-order valence-corrected chi connectivity index (χ4v) is 6.76. The summed E-state index contributed by atoms with van der Waals surface area (Å²) < 4.78 is 6.75. The Hall–Kier alpha value is -2.45. The van der Waals surface area contributed by atoms with Gasteiger partial charge in [0.2, 0.25) is 17.7 Å². The summed E-state index contributed by atoms with van der Waals surface area (Å²) in [6.07, 6.45) is 3.72. The van der Waals surface area contributed by atoms with E-state index in [1.54, 1.807) is 4.90 Å². The molecule has 3 unspecified atom stereocenters. The van der Waals surface area contributed by atoms with E-state index in [9.17, 15) is 14.4 Å². The third-order valence-electron chi connectivity index (χ3n) is 8.46. The Morgan fingerprint density at radius 2 is 1.78 bits per heavy atom. The molecule has 3 N–H and O–H groups in total. The lowest BCUT2D eigenvalue weighted by Crippen LogP contribution is -2.58. The maximum atomic E-state index is 14.1. The molecule has 6 atom stereocenters. The first kappa shape index (κ1) is 27.6. The highest BCUT2D eigenvalue weighted by atomic mass is 16.5. The largest absolute Gasteiger partial charge is 0.396 e. The SMILES string of the molecule is CC1CC23O[C@]1(C)[C@@H](C(=O)NCc1ccccc1)[C@H]2C(=O)N(CCCCCCO)C3C(=O)NC(C)(C)C. The highest BCUT2D eigenvalue weighted by molar-refractivity contribution is 5.99. The first-order chi connectivity index (χ1) is 17.4. The zero-order valence-electron chi connectivity index (χ0n) is 22.9. The van der Waals surface area contributed by atoms with Crippen molar-refractivity contribution >= 4 is 17.7 Å². The van der Waals surface area contributed by atoms with Gasteiger partial charge in [0.25, 0.3) is 0 Å². The molecular weight excluding hydrogens is 470 g/mol. The summed E-state index contributed by atoms with van der Waals surface area (Å²) in [5.41, 5.74) is -1.34. The van der Waals surface area contributed by atoms with Crippen molar-refractivity contribution in [2.45, 2.75) is 96.1 Å². The number of amides is 3. The molecule has 1 aromatic rings.